The molecule has 1 rings (SSSR count). The fraction of sp³-hybridized carbons (Fsp3) is 0.500. The quantitative estimate of drug-likeness (QED) is 0.667. The van der Waals surface area contributed by atoms with Crippen LogP contribution in [0.3, 0.4) is 0 Å². The molecule has 9 heteroatoms. The molecule has 1 aromatic carbocycles. The number of hydrogen-bond acceptors (Lipinski definition) is 4. The SMILES string of the molecule is CNCc1cc(S(=O)(=O)NCCOCC(F)F)ccc1F. The van der Waals surface area contributed by atoms with Crippen molar-refractivity contribution < 1.29 is 26.3 Å². The van der Waals surface area contributed by atoms with Crippen molar-refractivity contribution in [2.24, 2.45) is 0 Å². The van der Waals surface area contributed by atoms with Crippen LogP contribution >= 0.6 is 0 Å². The molecule has 0 aliphatic carbocycles. The molecular formula is C12H17F3N2O3S. The molecule has 21 heavy (non-hydrogen) atoms. The topological polar surface area (TPSA) is 67.4 Å². The van der Waals surface area contributed by atoms with E-state index in [-0.39, 0.29) is 30.2 Å². The third-order valence-corrected chi connectivity index (χ3v) is 3.94. The molecular weight excluding hydrogens is 309 g/mol. The second kappa shape index (κ2) is 8.32. The second-order valence-electron chi connectivity index (χ2n) is 4.15. The molecule has 0 radical (unpaired) electrons. The van der Waals surface area contributed by atoms with E-state index in [1.807, 2.05) is 0 Å². The van der Waals surface area contributed by atoms with Gasteiger partial charge in [-0.2, -0.15) is 0 Å². The standard InChI is InChI=1S/C12H17F3N2O3S/c1-16-7-9-6-10(2-3-11(9)13)21(18,19)17-4-5-20-8-12(14)15/h2-3,6,12,16-17H,4-5,7-8H2,1H3. The van der Waals surface area contributed by atoms with Gasteiger partial charge in [0.1, 0.15) is 12.4 Å². The zero-order chi connectivity index (χ0) is 15.9. The maximum atomic E-state index is 13.4. The van der Waals surface area contributed by atoms with E-state index >= 15 is 0 Å². The molecule has 0 atom stereocenters. The summed E-state index contributed by atoms with van der Waals surface area (Å²) in [6.07, 6.45) is -2.59. The summed E-state index contributed by atoms with van der Waals surface area (Å²) in [5.74, 6) is -0.511. The Morgan fingerprint density at radius 1 is 1.33 bits per heavy atom. The molecule has 0 aliphatic heterocycles. The maximum absolute atomic E-state index is 13.4. The minimum atomic E-state index is -3.83. The first-order valence-corrected chi connectivity index (χ1v) is 7.63. The summed E-state index contributed by atoms with van der Waals surface area (Å²) in [7, 11) is -2.22. The molecule has 0 unspecified atom stereocenters. The molecule has 0 saturated heterocycles. The first-order chi connectivity index (χ1) is 9.86. The van der Waals surface area contributed by atoms with Crippen LogP contribution in [0.4, 0.5) is 13.2 Å². The van der Waals surface area contributed by atoms with E-state index in [2.05, 4.69) is 14.8 Å². The fourth-order valence-electron chi connectivity index (χ4n) is 1.55. The molecule has 0 saturated carbocycles. The van der Waals surface area contributed by atoms with Crippen LogP contribution in [0.15, 0.2) is 23.1 Å². The average Bonchev–Trinajstić information content (AvgIpc) is 2.40. The number of sulfonamides is 1. The first kappa shape index (κ1) is 17.9. The van der Waals surface area contributed by atoms with Gasteiger partial charge in [0.25, 0.3) is 6.43 Å². The van der Waals surface area contributed by atoms with Crippen LogP contribution in [0.25, 0.3) is 0 Å². The normalized spacial score (nSPS) is 12.0. The van der Waals surface area contributed by atoms with Gasteiger partial charge >= 0.3 is 0 Å². The van der Waals surface area contributed by atoms with Gasteiger partial charge in [0.05, 0.1) is 11.5 Å². The Hall–Kier alpha value is -1.16. The lowest BCUT2D eigenvalue weighted by Gasteiger charge is -2.09. The zero-order valence-electron chi connectivity index (χ0n) is 11.4. The third-order valence-electron chi connectivity index (χ3n) is 2.48. The van der Waals surface area contributed by atoms with Crippen LogP contribution in [0.1, 0.15) is 5.56 Å². The molecule has 120 valence electrons. The van der Waals surface area contributed by atoms with E-state index in [0.29, 0.717) is 0 Å². The Balaban J connectivity index is 2.63. The number of ether oxygens (including phenoxy) is 1. The van der Waals surface area contributed by atoms with E-state index in [0.717, 1.165) is 12.1 Å². The highest BCUT2D eigenvalue weighted by Crippen LogP contribution is 2.14. The summed E-state index contributed by atoms with van der Waals surface area (Å²) in [5, 5.41) is 2.73. The number of alkyl halides is 2. The predicted octanol–water partition coefficient (Wildman–Crippen LogP) is 1.11. The Morgan fingerprint density at radius 3 is 2.67 bits per heavy atom. The number of halogens is 3. The smallest absolute Gasteiger partial charge is 0.261 e. The summed E-state index contributed by atoms with van der Waals surface area (Å²) in [5.41, 5.74) is 0.217. The molecule has 0 aliphatic rings. The minimum absolute atomic E-state index is 0.0944. The number of rotatable bonds is 9. The summed E-state index contributed by atoms with van der Waals surface area (Å²) in [6, 6.07) is 3.42. The number of benzene rings is 1. The summed E-state index contributed by atoms with van der Waals surface area (Å²) in [6.45, 7) is -0.876. The highest BCUT2D eigenvalue weighted by atomic mass is 32.2. The van der Waals surface area contributed by atoms with Crippen molar-refractivity contribution in [3.8, 4) is 0 Å². The molecule has 0 amide bonds. The average molecular weight is 326 g/mol. The Labute approximate surface area is 121 Å². The van der Waals surface area contributed by atoms with Gasteiger partial charge in [-0.05, 0) is 25.2 Å². The van der Waals surface area contributed by atoms with Crippen LogP contribution in [0.5, 0.6) is 0 Å². The van der Waals surface area contributed by atoms with Crippen molar-refractivity contribution in [3.63, 3.8) is 0 Å². The number of hydrogen-bond donors (Lipinski definition) is 2. The van der Waals surface area contributed by atoms with Crippen molar-refractivity contribution >= 4 is 10.0 Å². The summed E-state index contributed by atoms with van der Waals surface area (Å²) in [4.78, 5) is -0.0944. The Kier molecular flexibility index (Phi) is 7.09. The lowest BCUT2D eigenvalue weighted by molar-refractivity contribution is 0.0199. The summed E-state index contributed by atoms with van der Waals surface area (Å²) < 4.78 is 67.7. The van der Waals surface area contributed by atoms with Gasteiger partial charge in [0.2, 0.25) is 10.0 Å². The van der Waals surface area contributed by atoms with Crippen LogP contribution in [-0.4, -0.2) is 41.6 Å². The molecule has 0 aromatic heterocycles. The molecule has 1 aromatic rings. The largest absolute Gasteiger partial charge is 0.374 e. The van der Waals surface area contributed by atoms with Crippen molar-refractivity contribution in [1.82, 2.24) is 10.0 Å². The van der Waals surface area contributed by atoms with E-state index in [1.165, 1.54) is 6.07 Å². The van der Waals surface area contributed by atoms with Gasteiger partial charge in [0, 0.05) is 18.7 Å². The number of nitrogens with one attached hydrogen (secondary N) is 2. The zero-order valence-corrected chi connectivity index (χ0v) is 12.2. The molecule has 0 fully saturated rings. The van der Waals surface area contributed by atoms with Crippen LogP contribution < -0.4 is 10.0 Å². The maximum Gasteiger partial charge on any atom is 0.261 e. The lowest BCUT2D eigenvalue weighted by atomic mass is 10.2. The van der Waals surface area contributed by atoms with Gasteiger partial charge < -0.3 is 10.1 Å². The van der Waals surface area contributed by atoms with Crippen molar-refractivity contribution in [3.05, 3.63) is 29.6 Å². The van der Waals surface area contributed by atoms with Crippen molar-refractivity contribution in [1.29, 1.82) is 0 Å². The van der Waals surface area contributed by atoms with Crippen molar-refractivity contribution in [2.75, 3.05) is 26.8 Å². The highest BCUT2D eigenvalue weighted by molar-refractivity contribution is 7.89. The monoisotopic (exact) mass is 326 g/mol. The Morgan fingerprint density at radius 2 is 2.05 bits per heavy atom. The van der Waals surface area contributed by atoms with Crippen LogP contribution in [0.2, 0.25) is 0 Å². The van der Waals surface area contributed by atoms with Gasteiger partial charge in [-0.1, -0.05) is 0 Å². The fourth-order valence-corrected chi connectivity index (χ4v) is 2.61. The molecule has 0 spiro atoms. The van der Waals surface area contributed by atoms with E-state index in [1.54, 1.807) is 7.05 Å². The van der Waals surface area contributed by atoms with Crippen LogP contribution in [0, 0.1) is 5.82 Å². The van der Waals surface area contributed by atoms with Gasteiger partial charge in [-0.3, -0.25) is 0 Å². The van der Waals surface area contributed by atoms with Gasteiger partial charge in [-0.15, -0.1) is 0 Å². The molecule has 5 nitrogen and oxygen atoms in total. The van der Waals surface area contributed by atoms with Crippen molar-refractivity contribution in [2.45, 2.75) is 17.9 Å². The lowest BCUT2D eigenvalue weighted by Crippen LogP contribution is -2.28. The van der Waals surface area contributed by atoms with E-state index in [9.17, 15) is 21.6 Å². The molecule has 2 N–H and O–H groups in total. The van der Waals surface area contributed by atoms with Crippen LogP contribution in [-0.2, 0) is 21.3 Å². The van der Waals surface area contributed by atoms with E-state index in [4.69, 9.17) is 0 Å². The predicted molar refractivity (Wildman–Crippen MR) is 71.2 cm³/mol. The minimum Gasteiger partial charge on any atom is -0.374 e. The van der Waals surface area contributed by atoms with Gasteiger partial charge in [0.15, 0.2) is 0 Å². The molecule has 0 heterocycles. The highest BCUT2D eigenvalue weighted by Gasteiger charge is 2.15. The van der Waals surface area contributed by atoms with Gasteiger partial charge in [-0.25, -0.2) is 26.3 Å². The summed E-state index contributed by atoms with van der Waals surface area (Å²) >= 11 is 0. The van der Waals surface area contributed by atoms with E-state index < -0.39 is 28.9 Å². The third kappa shape index (κ3) is 6.00. The second-order valence-corrected chi connectivity index (χ2v) is 5.91. The first-order valence-electron chi connectivity index (χ1n) is 6.15. The molecule has 0 bridgehead atoms. The Bertz CT molecular complexity index is 553.